The first kappa shape index (κ1) is 13.0. The highest BCUT2D eigenvalue weighted by Crippen LogP contribution is 2.11. The third-order valence-corrected chi connectivity index (χ3v) is 2.81. The molecule has 16 heavy (non-hydrogen) atoms. The first-order valence-corrected chi connectivity index (χ1v) is 5.94. The number of unbranched alkanes of at least 4 members (excludes halogenated alkanes) is 1. The maximum absolute atomic E-state index is 11.5. The third-order valence-electron chi connectivity index (χ3n) is 2.81. The zero-order valence-electron chi connectivity index (χ0n) is 9.63. The SMILES string of the molecule is NC(=O)CCCCNC(=O)CC1CCNC1. The predicted molar refractivity (Wildman–Crippen MR) is 61.6 cm³/mol. The van der Waals surface area contributed by atoms with Crippen molar-refractivity contribution >= 4 is 11.8 Å². The van der Waals surface area contributed by atoms with E-state index in [0.717, 1.165) is 32.4 Å². The van der Waals surface area contributed by atoms with Gasteiger partial charge < -0.3 is 16.4 Å². The number of nitrogens with one attached hydrogen (secondary N) is 2. The van der Waals surface area contributed by atoms with Crippen LogP contribution < -0.4 is 16.4 Å². The number of hydrogen-bond donors (Lipinski definition) is 3. The second-order valence-electron chi connectivity index (χ2n) is 4.34. The van der Waals surface area contributed by atoms with E-state index in [1.165, 1.54) is 0 Å². The lowest BCUT2D eigenvalue weighted by molar-refractivity contribution is -0.121. The van der Waals surface area contributed by atoms with Gasteiger partial charge in [-0.2, -0.15) is 0 Å². The molecule has 0 aliphatic carbocycles. The minimum Gasteiger partial charge on any atom is -0.370 e. The van der Waals surface area contributed by atoms with Crippen LogP contribution in [0.15, 0.2) is 0 Å². The Morgan fingerprint density at radius 2 is 2.19 bits per heavy atom. The van der Waals surface area contributed by atoms with Crippen LogP contribution in [0.5, 0.6) is 0 Å². The van der Waals surface area contributed by atoms with Gasteiger partial charge in [0.25, 0.3) is 0 Å². The Balaban J connectivity index is 1.95. The molecule has 0 bridgehead atoms. The number of nitrogens with two attached hydrogens (primary N) is 1. The lowest BCUT2D eigenvalue weighted by Crippen LogP contribution is -2.27. The Hall–Kier alpha value is -1.10. The minimum absolute atomic E-state index is 0.118. The third kappa shape index (κ3) is 5.70. The molecular formula is C11H21N3O2. The van der Waals surface area contributed by atoms with Gasteiger partial charge in [-0.1, -0.05) is 0 Å². The van der Waals surface area contributed by atoms with E-state index >= 15 is 0 Å². The Labute approximate surface area is 96.1 Å². The lowest BCUT2D eigenvalue weighted by atomic mass is 10.0. The van der Waals surface area contributed by atoms with Crippen molar-refractivity contribution in [1.29, 1.82) is 0 Å². The van der Waals surface area contributed by atoms with E-state index in [1.54, 1.807) is 0 Å². The van der Waals surface area contributed by atoms with Crippen molar-refractivity contribution in [3.63, 3.8) is 0 Å². The molecule has 1 aliphatic heterocycles. The first-order chi connectivity index (χ1) is 7.68. The summed E-state index contributed by atoms with van der Waals surface area (Å²) in [6, 6.07) is 0. The Morgan fingerprint density at radius 3 is 2.81 bits per heavy atom. The number of hydrogen-bond acceptors (Lipinski definition) is 3. The van der Waals surface area contributed by atoms with E-state index in [0.29, 0.717) is 25.3 Å². The average molecular weight is 227 g/mol. The molecule has 0 aromatic heterocycles. The predicted octanol–water partition coefficient (Wildman–Crippen LogP) is -0.242. The minimum atomic E-state index is -0.275. The summed E-state index contributed by atoms with van der Waals surface area (Å²) < 4.78 is 0. The molecule has 1 fully saturated rings. The topological polar surface area (TPSA) is 84.2 Å². The van der Waals surface area contributed by atoms with Gasteiger partial charge in [0, 0.05) is 19.4 Å². The van der Waals surface area contributed by atoms with Gasteiger partial charge in [-0.05, 0) is 38.3 Å². The summed E-state index contributed by atoms with van der Waals surface area (Å²) in [5.74, 6) is 0.335. The lowest BCUT2D eigenvalue weighted by Gasteiger charge is -2.08. The van der Waals surface area contributed by atoms with E-state index in [-0.39, 0.29) is 11.8 Å². The Kier molecular flexibility index (Phi) is 5.85. The first-order valence-electron chi connectivity index (χ1n) is 5.94. The second kappa shape index (κ2) is 7.22. The molecule has 0 aromatic carbocycles. The maximum Gasteiger partial charge on any atom is 0.220 e. The van der Waals surface area contributed by atoms with Gasteiger partial charge in [0.1, 0.15) is 0 Å². The molecule has 5 nitrogen and oxygen atoms in total. The molecule has 1 rings (SSSR count). The van der Waals surface area contributed by atoms with Gasteiger partial charge in [-0.3, -0.25) is 9.59 Å². The van der Waals surface area contributed by atoms with E-state index in [2.05, 4.69) is 10.6 Å². The van der Waals surface area contributed by atoms with Crippen LogP contribution in [-0.2, 0) is 9.59 Å². The van der Waals surface area contributed by atoms with Crippen molar-refractivity contribution in [2.75, 3.05) is 19.6 Å². The standard InChI is InChI=1S/C11H21N3O2/c12-10(15)3-1-2-5-14-11(16)7-9-4-6-13-8-9/h9,13H,1-8H2,(H2,12,15)(H,14,16). The van der Waals surface area contributed by atoms with Crippen LogP contribution in [0.2, 0.25) is 0 Å². The van der Waals surface area contributed by atoms with Gasteiger partial charge in [0.05, 0.1) is 0 Å². The van der Waals surface area contributed by atoms with Crippen molar-refractivity contribution in [2.45, 2.75) is 32.1 Å². The molecule has 1 aliphatic rings. The van der Waals surface area contributed by atoms with Crippen molar-refractivity contribution in [3.05, 3.63) is 0 Å². The van der Waals surface area contributed by atoms with Crippen molar-refractivity contribution in [3.8, 4) is 0 Å². The number of amides is 2. The van der Waals surface area contributed by atoms with E-state index < -0.39 is 0 Å². The maximum atomic E-state index is 11.5. The normalized spacial score (nSPS) is 19.6. The van der Waals surface area contributed by atoms with Crippen LogP contribution in [-0.4, -0.2) is 31.4 Å². The number of carbonyl (C=O) groups is 2. The number of primary amides is 1. The molecule has 1 saturated heterocycles. The van der Waals surface area contributed by atoms with Crippen molar-refractivity contribution < 1.29 is 9.59 Å². The molecule has 0 aromatic rings. The summed E-state index contributed by atoms with van der Waals surface area (Å²) >= 11 is 0. The van der Waals surface area contributed by atoms with Crippen LogP contribution in [0.4, 0.5) is 0 Å². The zero-order valence-corrected chi connectivity index (χ0v) is 9.63. The summed E-state index contributed by atoms with van der Waals surface area (Å²) in [4.78, 5) is 21.9. The fraction of sp³-hybridized carbons (Fsp3) is 0.818. The highest BCUT2D eigenvalue weighted by Gasteiger charge is 2.17. The Morgan fingerprint density at radius 1 is 1.38 bits per heavy atom. The summed E-state index contributed by atoms with van der Waals surface area (Å²) in [6.07, 6.45) is 3.68. The van der Waals surface area contributed by atoms with Crippen LogP contribution in [0.25, 0.3) is 0 Å². The highest BCUT2D eigenvalue weighted by molar-refractivity contribution is 5.76. The van der Waals surface area contributed by atoms with Crippen molar-refractivity contribution in [2.24, 2.45) is 11.7 Å². The molecule has 92 valence electrons. The molecule has 0 saturated carbocycles. The van der Waals surface area contributed by atoms with E-state index in [1.807, 2.05) is 0 Å². The fourth-order valence-corrected chi connectivity index (χ4v) is 1.88. The summed E-state index contributed by atoms with van der Waals surface area (Å²) in [7, 11) is 0. The second-order valence-corrected chi connectivity index (χ2v) is 4.34. The van der Waals surface area contributed by atoms with Gasteiger partial charge in [0.2, 0.25) is 11.8 Å². The van der Waals surface area contributed by atoms with Crippen molar-refractivity contribution in [1.82, 2.24) is 10.6 Å². The summed E-state index contributed by atoms with van der Waals surface area (Å²) in [6.45, 7) is 2.62. The molecule has 4 N–H and O–H groups in total. The van der Waals surface area contributed by atoms with Gasteiger partial charge in [0.15, 0.2) is 0 Å². The number of carbonyl (C=O) groups excluding carboxylic acids is 2. The van der Waals surface area contributed by atoms with Crippen LogP contribution >= 0.6 is 0 Å². The van der Waals surface area contributed by atoms with E-state index in [4.69, 9.17) is 5.73 Å². The molecule has 1 atom stereocenters. The van der Waals surface area contributed by atoms with Gasteiger partial charge in [-0.15, -0.1) is 0 Å². The Bertz CT molecular complexity index is 237. The summed E-state index contributed by atoms with van der Waals surface area (Å²) in [5, 5.41) is 6.10. The number of rotatable bonds is 7. The molecule has 1 unspecified atom stereocenters. The molecule has 5 heteroatoms. The molecule has 0 radical (unpaired) electrons. The zero-order chi connectivity index (χ0) is 11.8. The summed E-state index contributed by atoms with van der Waals surface area (Å²) in [5.41, 5.74) is 5.01. The monoisotopic (exact) mass is 227 g/mol. The molecule has 1 heterocycles. The molecular weight excluding hydrogens is 206 g/mol. The largest absolute Gasteiger partial charge is 0.370 e. The highest BCUT2D eigenvalue weighted by atomic mass is 16.1. The van der Waals surface area contributed by atoms with Gasteiger partial charge in [-0.25, -0.2) is 0 Å². The van der Waals surface area contributed by atoms with Crippen LogP contribution in [0.3, 0.4) is 0 Å². The van der Waals surface area contributed by atoms with Crippen LogP contribution in [0, 0.1) is 5.92 Å². The molecule has 2 amide bonds. The smallest absolute Gasteiger partial charge is 0.220 e. The fourth-order valence-electron chi connectivity index (χ4n) is 1.88. The van der Waals surface area contributed by atoms with Gasteiger partial charge >= 0.3 is 0 Å². The average Bonchev–Trinajstić information content (AvgIpc) is 2.69. The van der Waals surface area contributed by atoms with Crippen LogP contribution in [0.1, 0.15) is 32.1 Å². The molecule has 0 spiro atoms. The van der Waals surface area contributed by atoms with E-state index in [9.17, 15) is 9.59 Å². The quantitative estimate of drug-likeness (QED) is 0.525.